The maximum Gasteiger partial charge on any atom is 0.310 e. The third-order valence-corrected chi connectivity index (χ3v) is 9.77. The summed E-state index contributed by atoms with van der Waals surface area (Å²) >= 11 is 3.92. The van der Waals surface area contributed by atoms with Crippen LogP contribution in [0.25, 0.3) is 0 Å². The summed E-state index contributed by atoms with van der Waals surface area (Å²) in [6, 6.07) is 0. The lowest BCUT2D eigenvalue weighted by Crippen LogP contribution is -2.55. The maximum absolute atomic E-state index is 13.2. The molecule has 2 heterocycles. The van der Waals surface area contributed by atoms with Gasteiger partial charge in [-0.05, 0) is 50.4 Å². The van der Waals surface area contributed by atoms with Crippen LogP contribution in [0.3, 0.4) is 0 Å². The lowest BCUT2D eigenvalue weighted by atomic mass is 9.56. The van der Waals surface area contributed by atoms with Gasteiger partial charge < -0.3 is 10.2 Å². The molecule has 0 aromatic heterocycles. The summed E-state index contributed by atoms with van der Waals surface area (Å²) in [7, 11) is 0. The molecule has 0 aromatic rings. The predicted molar refractivity (Wildman–Crippen MR) is 129 cm³/mol. The molecule has 2 N–H and O–H groups in total. The topological polar surface area (TPSA) is 74.6 Å². The van der Waals surface area contributed by atoms with E-state index in [9.17, 15) is 19.8 Å². The van der Waals surface area contributed by atoms with Crippen LogP contribution in [-0.4, -0.2) is 41.1 Å². The van der Waals surface area contributed by atoms with Crippen LogP contribution >= 0.6 is 23.5 Å². The van der Waals surface area contributed by atoms with Gasteiger partial charge in [-0.1, -0.05) is 55.4 Å². The molecule has 6 heteroatoms. The Kier molecular flexibility index (Phi) is 7.37. The largest absolute Gasteiger partial charge is 0.481 e. The van der Waals surface area contributed by atoms with E-state index < -0.39 is 17.4 Å². The zero-order valence-electron chi connectivity index (χ0n) is 20.1. The molecule has 0 saturated carbocycles. The second-order valence-corrected chi connectivity index (χ2v) is 16.9. The molecule has 4 nitrogen and oxygen atoms in total. The zero-order valence-corrected chi connectivity index (χ0v) is 21.8. The SMILES string of the molecule is CC1(C)CC(C(CCCC(=O)O)(C(=O)O)C2CC(C)(C)SC(C)(C)C2)CC(C)(C)S1. The van der Waals surface area contributed by atoms with E-state index >= 15 is 0 Å². The van der Waals surface area contributed by atoms with Gasteiger partial charge in [0, 0.05) is 25.4 Å². The minimum absolute atomic E-state index is 0.00830. The summed E-state index contributed by atoms with van der Waals surface area (Å²) in [6.45, 7) is 17.9. The van der Waals surface area contributed by atoms with Gasteiger partial charge in [0.2, 0.25) is 0 Å². The highest BCUT2D eigenvalue weighted by Crippen LogP contribution is 2.62. The minimum Gasteiger partial charge on any atom is -0.481 e. The molecule has 30 heavy (non-hydrogen) atoms. The van der Waals surface area contributed by atoms with Gasteiger partial charge in [0.1, 0.15) is 0 Å². The molecule has 2 aliphatic rings. The second kappa shape index (κ2) is 8.53. The normalized spacial score (nSPS) is 26.3. The van der Waals surface area contributed by atoms with Gasteiger partial charge in [-0.25, -0.2) is 0 Å². The first-order valence-electron chi connectivity index (χ1n) is 11.3. The van der Waals surface area contributed by atoms with Crippen molar-refractivity contribution in [2.45, 2.75) is 119 Å². The molecule has 2 fully saturated rings. The summed E-state index contributed by atoms with van der Waals surface area (Å²) in [5, 5.41) is 20.1. The highest BCUT2D eigenvalue weighted by molar-refractivity contribution is 8.02. The van der Waals surface area contributed by atoms with Crippen LogP contribution in [-0.2, 0) is 9.59 Å². The molecule has 0 unspecified atom stereocenters. The van der Waals surface area contributed by atoms with Crippen LogP contribution < -0.4 is 0 Å². The van der Waals surface area contributed by atoms with Crippen molar-refractivity contribution in [3.05, 3.63) is 0 Å². The fourth-order valence-corrected chi connectivity index (χ4v) is 10.8. The summed E-state index contributed by atoms with van der Waals surface area (Å²) in [4.78, 5) is 24.4. The Hall–Kier alpha value is -0.360. The molecule has 0 amide bonds. The highest BCUT2D eigenvalue weighted by Gasteiger charge is 2.58. The number of carboxylic acids is 2. The lowest BCUT2D eigenvalue weighted by Gasteiger charge is -2.56. The standard InChI is InChI=1S/C24H42O4S2/c1-20(2)12-16(13-21(3,4)29-20)24(19(27)28,11-9-10-18(25)26)17-14-22(5,6)30-23(7,8)15-17/h16-17H,9-15H2,1-8H3,(H,25,26)(H,27,28). The molecule has 0 aromatic carbocycles. The first kappa shape index (κ1) is 25.9. The molecule has 0 bridgehead atoms. The van der Waals surface area contributed by atoms with E-state index in [0.29, 0.717) is 12.8 Å². The maximum atomic E-state index is 13.2. The van der Waals surface area contributed by atoms with Crippen molar-refractivity contribution in [2.75, 3.05) is 0 Å². The predicted octanol–water partition coefficient (Wildman–Crippen LogP) is 6.71. The van der Waals surface area contributed by atoms with Crippen LogP contribution in [0.1, 0.15) is 100 Å². The Morgan fingerprint density at radius 1 is 0.767 bits per heavy atom. The number of carboxylic acid groups (broad SMARTS) is 2. The van der Waals surface area contributed by atoms with E-state index in [0.717, 1.165) is 25.7 Å². The van der Waals surface area contributed by atoms with Gasteiger partial charge in [-0.3, -0.25) is 9.59 Å². The smallest absolute Gasteiger partial charge is 0.310 e. The Labute approximate surface area is 191 Å². The Morgan fingerprint density at radius 2 is 1.10 bits per heavy atom. The van der Waals surface area contributed by atoms with Crippen LogP contribution in [0, 0.1) is 17.3 Å². The Morgan fingerprint density at radius 3 is 1.37 bits per heavy atom. The van der Waals surface area contributed by atoms with Gasteiger partial charge in [-0.15, -0.1) is 23.5 Å². The Bertz CT molecular complexity index is 596. The van der Waals surface area contributed by atoms with Crippen molar-refractivity contribution in [1.82, 2.24) is 0 Å². The summed E-state index contributed by atoms with van der Waals surface area (Å²) < 4.78 is 0.0332. The molecule has 0 aliphatic carbocycles. The van der Waals surface area contributed by atoms with E-state index in [-0.39, 0.29) is 37.2 Å². The average Bonchev–Trinajstić information content (AvgIpc) is 2.44. The molecule has 0 spiro atoms. The lowest BCUT2D eigenvalue weighted by molar-refractivity contribution is -0.162. The molecule has 2 rings (SSSR count). The summed E-state index contributed by atoms with van der Waals surface area (Å²) in [5.41, 5.74) is -0.875. The monoisotopic (exact) mass is 458 g/mol. The zero-order chi connectivity index (χ0) is 23.2. The molecular weight excluding hydrogens is 416 g/mol. The fraction of sp³-hybridized carbons (Fsp3) is 0.917. The van der Waals surface area contributed by atoms with Crippen molar-refractivity contribution in [3.63, 3.8) is 0 Å². The van der Waals surface area contributed by atoms with Gasteiger partial charge in [0.25, 0.3) is 0 Å². The number of aliphatic carboxylic acids is 2. The van der Waals surface area contributed by atoms with Gasteiger partial charge >= 0.3 is 11.9 Å². The van der Waals surface area contributed by atoms with Crippen molar-refractivity contribution in [3.8, 4) is 0 Å². The van der Waals surface area contributed by atoms with E-state index in [1.54, 1.807) is 0 Å². The number of hydrogen-bond acceptors (Lipinski definition) is 4. The molecule has 2 aliphatic heterocycles. The minimum atomic E-state index is -0.875. The summed E-state index contributed by atoms with van der Waals surface area (Å²) in [5.74, 6) is -1.45. The first-order chi connectivity index (χ1) is 13.4. The van der Waals surface area contributed by atoms with Gasteiger partial charge in [0.05, 0.1) is 5.41 Å². The van der Waals surface area contributed by atoms with Crippen LogP contribution in [0.2, 0.25) is 0 Å². The van der Waals surface area contributed by atoms with E-state index in [1.165, 1.54) is 0 Å². The summed E-state index contributed by atoms with van der Waals surface area (Å²) in [6.07, 6.45) is 4.39. The van der Waals surface area contributed by atoms with Crippen molar-refractivity contribution in [1.29, 1.82) is 0 Å². The molecule has 2 saturated heterocycles. The van der Waals surface area contributed by atoms with E-state index in [2.05, 4.69) is 55.4 Å². The molecule has 0 atom stereocenters. The van der Waals surface area contributed by atoms with Crippen LogP contribution in [0.15, 0.2) is 0 Å². The molecule has 0 radical (unpaired) electrons. The van der Waals surface area contributed by atoms with Crippen LogP contribution in [0.5, 0.6) is 0 Å². The third kappa shape index (κ3) is 6.11. The fourth-order valence-electron chi connectivity index (χ4n) is 6.64. The van der Waals surface area contributed by atoms with Gasteiger partial charge in [-0.2, -0.15) is 0 Å². The Balaban J connectivity index is 2.55. The molecule has 174 valence electrons. The van der Waals surface area contributed by atoms with E-state index in [4.69, 9.17) is 0 Å². The van der Waals surface area contributed by atoms with Gasteiger partial charge in [0.15, 0.2) is 0 Å². The average molecular weight is 459 g/mol. The number of carbonyl (C=O) groups is 2. The molecular formula is C24H42O4S2. The first-order valence-corrected chi connectivity index (χ1v) is 12.9. The van der Waals surface area contributed by atoms with Crippen molar-refractivity contribution >= 4 is 35.5 Å². The second-order valence-electron chi connectivity index (χ2n) is 12.0. The van der Waals surface area contributed by atoms with Crippen molar-refractivity contribution < 1.29 is 19.8 Å². The number of rotatable bonds is 7. The van der Waals surface area contributed by atoms with E-state index in [1.807, 2.05) is 23.5 Å². The van der Waals surface area contributed by atoms with Crippen molar-refractivity contribution in [2.24, 2.45) is 17.3 Å². The number of hydrogen-bond donors (Lipinski definition) is 2. The van der Waals surface area contributed by atoms with Crippen LogP contribution in [0.4, 0.5) is 0 Å². The third-order valence-electron chi connectivity index (χ3n) is 6.89. The number of thioether (sulfide) groups is 2. The quantitative estimate of drug-likeness (QED) is 0.441. The highest BCUT2D eigenvalue weighted by atomic mass is 32.2.